The molecule has 1 atom stereocenters. The molecule has 37 heavy (non-hydrogen) atoms. The number of para-hydroxylation sites is 1. The number of carbonyl (C=O) groups is 3. The molecule has 0 fully saturated rings. The van der Waals surface area contributed by atoms with Gasteiger partial charge in [0.05, 0.1) is 12.2 Å². The minimum atomic E-state index is -4.74. The minimum absolute atomic E-state index is 0.146. The zero-order valence-corrected chi connectivity index (χ0v) is 21.7. The lowest BCUT2D eigenvalue weighted by Crippen LogP contribution is -2.47. The van der Waals surface area contributed by atoms with E-state index in [1.807, 2.05) is 56.3 Å². The van der Waals surface area contributed by atoms with E-state index in [-0.39, 0.29) is 31.8 Å². The Morgan fingerprint density at radius 1 is 0.973 bits per heavy atom. The fourth-order valence-electron chi connectivity index (χ4n) is 3.79. The number of hydrogen-bond donors (Lipinski definition) is 3. The summed E-state index contributed by atoms with van der Waals surface area (Å²) >= 11 is 0. The summed E-state index contributed by atoms with van der Waals surface area (Å²) in [5.74, 6) is 4.73. The van der Waals surface area contributed by atoms with E-state index in [9.17, 15) is 27.4 Å². The number of benzene rings is 2. The van der Waals surface area contributed by atoms with E-state index in [2.05, 4.69) is 22.5 Å². The molecule has 1 heterocycles. The summed E-state index contributed by atoms with van der Waals surface area (Å²) in [5.41, 5.74) is 3.02. The Bertz CT molecular complexity index is 1330. The maximum Gasteiger partial charge on any atom is 0.278 e. The molecule has 3 rings (SSSR count). The van der Waals surface area contributed by atoms with Gasteiger partial charge in [0.15, 0.2) is 5.25 Å². The molecule has 3 N–H and O–H groups in total. The molecule has 196 valence electrons. The van der Waals surface area contributed by atoms with Crippen molar-refractivity contribution in [3.05, 3.63) is 65.2 Å². The van der Waals surface area contributed by atoms with Crippen LogP contribution in [0, 0.1) is 17.8 Å². The van der Waals surface area contributed by atoms with Gasteiger partial charge in [0.2, 0.25) is 17.7 Å². The van der Waals surface area contributed by atoms with Gasteiger partial charge < -0.3 is 15.5 Å². The van der Waals surface area contributed by atoms with Crippen LogP contribution in [0.5, 0.6) is 0 Å². The highest BCUT2D eigenvalue weighted by molar-refractivity contribution is 7.87. The van der Waals surface area contributed by atoms with E-state index < -0.39 is 33.7 Å². The average molecular weight is 526 g/mol. The first-order valence-corrected chi connectivity index (χ1v) is 13.6. The third-order valence-electron chi connectivity index (χ3n) is 5.90. The summed E-state index contributed by atoms with van der Waals surface area (Å²) in [7, 11) is -4.74. The molecule has 0 aromatic heterocycles. The molecule has 0 spiro atoms. The molecular weight excluding hydrogens is 494 g/mol. The highest BCUT2D eigenvalue weighted by Gasteiger charge is 2.31. The predicted molar refractivity (Wildman–Crippen MR) is 140 cm³/mol. The van der Waals surface area contributed by atoms with Crippen LogP contribution >= 0.6 is 0 Å². The first kappa shape index (κ1) is 27.9. The summed E-state index contributed by atoms with van der Waals surface area (Å²) < 4.78 is 32.9. The largest absolute Gasteiger partial charge is 0.355 e. The lowest BCUT2D eigenvalue weighted by Gasteiger charge is -2.26. The highest BCUT2D eigenvalue weighted by Crippen LogP contribution is 2.26. The molecule has 0 saturated heterocycles. The number of anilines is 1. The summed E-state index contributed by atoms with van der Waals surface area (Å²) in [4.78, 5) is 39.5. The Labute approximate surface area is 217 Å². The molecule has 3 amide bonds. The van der Waals surface area contributed by atoms with E-state index >= 15 is 0 Å². The van der Waals surface area contributed by atoms with Gasteiger partial charge in [-0.15, -0.1) is 0 Å². The molecule has 1 unspecified atom stereocenters. The zero-order valence-electron chi connectivity index (χ0n) is 20.9. The summed E-state index contributed by atoms with van der Waals surface area (Å²) in [5, 5.41) is 2.98. The Morgan fingerprint density at radius 3 is 2.32 bits per heavy atom. The topological polar surface area (TPSA) is 133 Å². The second kappa shape index (κ2) is 12.5. The Kier molecular flexibility index (Phi) is 9.44. The maximum atomic E-state index is 13.2. The standard InChI is InChI=1S/C27H31N3O6S/c1-19(2)15-16-28-27(33)24(37(34,35)36)17-29-25(31)13-14-26(32)30-18-22-9-4-3-7-20(22)11-12-21-8-5-6-10-23(21)30/h3-10,19,24H,13-18H2,1-2H3,(H,28,33)(H,29,31)(H,34,35,36). The molecule has 0 bridgehead atoms. The second-order valence-corrected chi connectivity index (χ2v) is 10.8. The zero-order chi connectivity index (χ0) is 27.0. The van der Waals surface area contributed by atoms with Crippen LogP contribution in [0.3, 0.4) is 0 Å². The summed E-state index contributed by atoms with van der Waals surface area (Å²) in [6.07, 6.45) is 0.263. The van der Waals surface area contributed by atoms with Crippen LogP contribution in [-0.2, 0) is 31.0 Å². The number of fused-ring (bicyclic) bond motifs is 2. The van der Waals surface area contributed by atoms with Crippen molar-refractivity contribution in [3.63, 3.8) is 0 Å². The quantitative estimate of drug-likeness (QED) is 0.322. The van der Waals surface area contributed by atoms with Crippen LogP contribution in [0.2, 0.25) is 0 Å². The molecule has 0 saturated carbocycles. The number of rotatable bonds is 10. The fraction of sp³-hybridized carbons (Fsp3) is 0.370. The van der Waals surface area contributed by atoms with Crippen molar-refractivity contribution in [1.82, 2.24) is 10.6 Å². The van der Waals surface area contributed by atoms with Crippen molar-refractivity contribution in [2.45, 2.75) is 44.9 Å². The number of carbonyl (C=O) groups excluding carboxylic acids is 3. The minimum Gasteiger partial charge on any atom is -0.355 e. The third kappa shape index (κ3) is 7.90. The van der Waals surface area contributed by atoms with Crippen LogP contribution in [0.4, 0.5) is 5.69 Å². The van der Waals surface area contributed by atoms with Crippen LogP contribution in [-0.4, -0.2) is 49.0 Å². The van der Waals surface area contributed by atoms with Crippen molar-refractivity contribution >= 4 is 33.5 Å². The predicted octanol–water partition coefficient (Wildman–Crippen LogP) is 2.25. The molecule has 1 aliphatic rings. The van der Waals surface area contributed by atoms with Crippen molar-refractivity contribution in [2.24, 2.45) is 5.92 Å². The molecule has 2 aromatic rings. The Balaban J connectivity index is 1.63. The van der Waals surface area contributed by atoms with Crippen LogP contribution in [0.25, 0.3) is 0 Å². The van der Waals surface area contributed by atoms with Gasteiger partial charge in [0.1, 0.15) is 0 Å². The molecule has 9 nitrogen and oxygen atoms in total. The van der Waals surface area contributed by atoms with Crippen LogP contribution in [0.15, 0.2) is 48.5 Å². The van der Waals surface area contributed by atoms with Crippen molar-refractivity contribution in [1.29, 1.82) is 0 Å². The van der Waals surface area contributed by atoms with Gasteiger partial charge in [-0.2, -0.15) is 8.42 Å². The molecule has 1 aliphatic heterocycles. The Morgan fingerprint density at radius 2 is 1.62 bits per heavy atom. The third-order valence-corrected chi connectivity index (χ3v) is 7.00. The fourth-order valence-corrected chi connectivity index (χ4v) is 4.44. The van der Waals surface area contributed by atoms with Gasteiger partial charge in [-0.25, -0.2) is 0 Å². The first-order valence-electron chi connectivity index (χ1n) is 12.1. The number of nitrogens with zero attached hydrogens (tertiary/aromatic N) is 1. The lowest BCUT2D eigenvalue weighted by molar-refractivity contribution is -0.125. The van der Waals surface area contributed by atoms with Crippen molar-refractivity contribution in [3.8, 4) is 11.8 Å². The summed E-state index contributed by atoms with van der Waals surface area (Å²) in [6, 6.07) is 14.8. The molecule has 0 aliphatic carbocycles. The maximum absolute atomic E-state index is 13.2. The van der Waals surface area contributed by atoms with Crippen LogP contribution < -0.4 is 15.5 Å². The molecule has 10 heteroatoms. The van der Waals surface area contributed by atoms with E-state index in [1.165, 1.54) is 0 Å². The molecular formula is C27H31N3O6S. The smallest absolute Gasteiger partial charge is 0.278 e. The lowest BCUT2D eigenvalue weighted by atomic mass is 10.0. The number of amides is 3. The monoisotopic (exact) mass is 525 g/mol. The van der Waals surface area contributed by atoms with Gasteiger partial charge in [0.25, 0.3) is 10.1 Å². The van der Waals surface area contributed by atoms with Gasteiger partial charge in [0, 0.05) is 37.1 Å². The second-order valence-electron chi connectivity index (χ2n) is 9.19. The van der Waals surface area contributed by atoms with E-state index in [0.717, 1.165) is 11.1 Å². The SMILES string of the molecule is CC(C)CCNC(=O)C(CNC(=O)CCC(=O)N1Cc2ccccc2C#Cc2ccccc21)S(=O)(=O)O. The highest BCUT2D eigenvalue weighted by atomic mass is 32.2. The van der Waals surface area contributed by atoms with Crippen LogP contribution in [0.1, 0.15) is 49.8 Å². The molecule has 0 radical (unpaired) electrons. The molecule has 2 aromatic carbocycles. The average Bonchev–Trinajstić information content (AvgIpc) is 2.83. The van der Waals surface area contributed by atoms with Gasteiger partial charge in [-0.05, 0) is 36.1 Å². The normalized spacial score (nSPS) is 13.2. The van der Waals surface area contributed by atoms with Gasteiger partial charge in [-0.1, -0.05) is 56.0 Å². The van der Waals surface area contributed by atoms with E-state index in [4.69, 9.17) is 0 Å². The number of hydrogen-bond acceptors (Lipinski definition) is 5. The number of nitrogens with one attached hydrogen (secondary N) is 2. The Hall–Kier alpha value is -3.68. The van der Waals surface area contributed by atoms with Gasteiger partial charge >= 0.3 is 0 Å². The summed E-state index contributed by atoms with van der Waals surface area (Å²) in [6.45, 7) is 3.83. The van der Waals surface area contributed by atoms with E-state index in [1.54, 1.807) is 11.0 Å². The van der Waals surface area contributed by atoms with Crippen molar-refractivity contribution in [2.75, 3.05) is 18.0 Å². The van der Waals surface area contributed by atoms with Gasteiger partial charge in [-0.3, -0.25) is 18.9 Å². The van der Waals surface area contributed by atoms with Crippen molar-refractivity contribution < 1.29 is 27.4 Å². The van der Waals surface area contributed by atoms with E-state index in [0.29, 0.717) is 23.6 Å². The first-order chi connectivity index (χ1) is 17.6.